The molecule has 10 nitrogen and oxygen atoms in total. The van der Waals surface area contributed by atoms with Crippen LogP contribution in [0.1, 0.15) is 18.4 Å². The number of aryl methyl sites for hydroxylation is 1. The molecule has 0 N–H and O–H groups in total. The molecule has 180 valence electrons. The second kappa shape index (κ2) is 11.2. The lowest BCUT2D eigenvalue weighted by atomic mass is 10.2. The second-order valence-corrected chi connectivity index (χ2v) is 8.84. The van der Waals surface area contributed by atoms with Crippen LogP contribution in [0.4, 0.5) is 4.79 Å². The average molecular weight is 480 g/mol. The minimum absolute atomic E-state index is 0.108. The third-order valence-corrected chi connectivity index (χ3v) is 6.43. The third-order valence-electron chi connectivity index (χ3n) is 5.26. The van der Waals surface area contributed by atoms with Crippen molar-refractivity contribution < 1.29 is 32.4 Å². The van der Waals surface area contributed by atoms with Gasteiger partial charge in [0.2, 0.25) is 11.8 Å². The number of carbonyl (C=O) groups excluding carboxylic acids is 2. The van der Waals surface area contributed by atoms with Gasteiger partial charge in [-0.2, -0.15) is 0 Å². The van der Waals surface area contributed by atoms with Crippen molar-refractivity contribution in [1.29, 1.82) is 0 Å². The standard InChI is InChI=1S/C22H29N3O7S/c1-5-31-22(27)25-10-8-24(9-11-25)20(26)14-33(28)13-17-15(2)32-21(23-17)16-6-7-18(29-3)19(12-16)30-4/h6-7,12H,5,8-11,13-14H2,1-4H3/t33-/m0/s1. The molecular formula is C22H29N3O7S. The minimum Gasteiger partial charge on any atom is -0.493 e. The first-order valence-electron chi connectivity index (χ1n) is 10.6. The lowest BCUT2D eigenvalue weighted by Crippen LogP contribution is -2.51. The molecule has 2 heterocycles. The van der Waals surface area contributed by atoms with E-state index < -0.39 is 10.8 Å². The molecule has 0 aliphatic carbocycles. The smallest absolute Gasteiger partial charge is 0.409 e. The summed E-state index contributed by atoms with van der Waals surface area (Å²) in [5.74, 6) is 1.84. The van der Waals surface area contributed by atoms with Crippen LogP contribution in [-0.4, -0.2) is 83.8 Å². The minimum atomic E-state index is -1.45. The Balaban J connectivity index is 1.57. The van der Waals surface area contributed by atoms with Gasteiger partial charge in [-0.25, -0.2) is 9.78 Å². The van der Waals surface area contributed by atoms with E-state index in [1.165, 1.54) is 0 Å². The van der Waals surface area contributed by atoms with Crippen LogP contribution < -0.4 is 9.47 Å². The molecule has 2 amide bonds. The summed E-state index contributed by atoms with van der Waals surface area (Å²) in [6, 6.07) is 5.31. The quantitative estimate of drug-likeness (QED) is 0.567. The van der Waals surface area contributed by atoms with E-state index in [-0.39, 0.29) is 23.5 Å². The molecular weight excluding hydrogens is 450 g/mol. The first kappa shape index (κ1) is 24.6. The molecule has 0 spiro atoms. The zero-order chi connectivity index (χ0) is 24.0. The van der Waals surface area contributed by atoms with Crippen molar-refractivity contribution in [3.63, 3.8) is 0 Å². The number of aromatic nitrogens is 1. The van der Waals surface area contributed by atoms with Crippen LogP contribution in [0.2, 0.25) is 0 Å². The van der Waals surface area contributed by atoms with Gasteiger partial charge in [-0.3, -0.25) is 9.00 Å². The lowest BCUT2D eigenvalue weighted by Gasteiger charge is -2.34. The number of piperazine rings is 1. The molecule has 33 heavy (non-hydrogen) atoms. The summed E-state index contributed by atoms with van der Waals surface area (Å²) in [7, 11) is 1.65. The molecule has 1 aromatic heterocycles. The number of oxazole rings is 1. The summed E-state index contributed by atoms with van der Waals surface area (Å²) in [5.41, 5.74) is 1.24. The maximum absolute atomic E-state index is 12.7. The molecule has 1 saturated heterocycles. The molecule has 1 aliphatic heterocycles. The maximum atomic E-state index is 12.7. The van der Waals surface area contributed by atoms with Gasteiger partial charge in [0.15, 0.2) is 11.5 Å². The Labute approximate surface area is 195 Å². The molecule has 0 bridgehead atoms. The van der Waals surface area contributed by atoms with Crippen LogP contribution in [0, 0.1) is 6.92 Å². The summed E-state index contributed by atoms with van der Waals surface area (Å²) >= 11 is 0. The van der Waals surface area contributed by atoms with E-state index in [0.29, 0.717) is 67.2 Å². The van der Waals surface area contributed by atoms with Gasteiger partial charge in [-0.1, -0.05) is 0 Å². The molecule has 2 aromatic rings. The van der Waals surface area contributed by atoms with E-state index in [9.17, 15) is 13.8 Å². The number of benzene rings is 1. The Morgan fingerprint density at radius 2 is 1.76 bits per heavy atom. The SMILES string of the molecule is CCOC(=O)N1CCN(C(=O)C[S@@](=O)Cc2nc(-c3ccc(OC)c(OC)c3)oc2C)CC1. The summed E-state index contributed by atoms with van der Waals surface area (Å²) in [6.07, 6.45) is -0.375. The topological polar surface area (TPSA) is 111 Å². The molecule has 1 aromatic carbocycles. The Bertz CT molecular complexity index is 1020. The number of methoxy groups -OCH3 is 2. The highest BCUT2D eigenvalue weighted by Crippen LogP contribution is 2.32. The van der Waals surface area contributed by atoms with Gasteiger partial charge in [0.25, 0.3) is 0 Å². The molecule has 0 radical (unpaired) electrons. The molecule has 0 unspecified atom stereocenters. The van der Waals surface area contributed by atoms with Gasteiger partial charge < -0.3 is 28.4 Å². The van der Waals surface area contributed by atoms with E-state index in [0.717, 1.165) is 0 Å². The molecule has 1 fully saturated rings. The number of nitrogens with zero attached hydrogens (tertiary/aromatic N) is 3. The van der Waals surface area contributed by atoms with Crippen molar-refractivity contribution >= 4 is 22.8 Å². The zero-order valence-electron chi connectivity index (χ0n) is 19.3. The number of hydrogen-bond acceptors (Lipinski definition) is 8. The van der Waals surface area contributed by atoms with Gasteiger partial charge in [-0.05, 0) is 32.0 Å². The average Bonchev–Trinajstić information content (AvgIpc) is 3.18. The molecule has 1 atom stereocenters. The van der Waals surface area contributed by atoms with Crippen LogP contribution in [0.3, 0.4) is 0 Å². The number of hydrogen-bond donors (Lipinski definition) is 0. The summed E-state index contributed by atoms with van der Waals surface area (Å²) in [5, 5.41) is 0. The van der Waals surface area contributed by atoms with Crippen molar-refractivity contribution in [3.8, 4) is 23.0 Å². The van der Waals surface area contributed by atoms with Crippen LogP contribution in [0.15, 0.2) is 22.6 Å². The zero-order valence-corrected chi connectivity index (χ0v) is 20.1. The predicted molar refractivity (Wildman–Crippen MR) is 122 cm³/mol. The van der Waals surface area contributed by atoms with Crippen molar-refractivity contribution in [3.05, 3.63) is 29.7 Å². The number of ether oxygens (including phenoxy) is 3. The molecule has 1 aliphatic rings. The van der Waals surface area contributed by atoms with E-state index in [4.69, 9.17) is 18.6 Å². The van der Waals surface area contributed by atoms with Crippen LogP contribution >= 0.6 is 0 Å². The first-order chi connectivity index (χ1) is 15.9. The number of carbonyl (C=O) groups is 2. The van der Waals surface area contributed by atoms with Crippen molar-refractivity contribution in [2.24, 2.45) is 0 Å². The van der Waals surface area contributed by atoms with Gasteiger partial charge >= 0.3 is 6.09 Å². The fraction of sp³-hybridized carbons (Fsp3) is 0.500. The van der Waals surface area contributed by atoms with E-state index >= 15 is 0 Å². The van der Waals surface area contributed by atoms with Crippen molar-refractivity contribution in [2.75, 3.05) is 52.8 Å². The van der Waals surface area contributed by atoms with E-state index in [1.807, 2.05) is 0 Å². The molecule has 11 heteroatoms. The maximum Gasteiger partial charge on any atom is 0.409 e. The summed E-state index contributed by atoms with van der Waals surface area (Å²) < 4.78 is 34.0. The van der Waals surface area contributed by atoms with Crippen molar-refractivity contribution in [2.45, 2.75) is 19.6 Å². The second-order valence-electron chi connectivity index (χ2n) is 7.39. The van der Waals surface area contributed by atoms with Gasteiger partial charge in [-0.15, -0.1) is 0 Å². The van der Waals surface area contributed by atoms with E-state index in [2.05, 4.69) is 4.98 Å². The van der Waals surface area contributed by atoms with Gasteiger partial charge in [0, 0.05) is 42.5 Å². The Kier molecular flexibility index (Phi) is 8.32. The van der Waals surface area contributed by atoms with Crippen LogP contribution in [-0.2, 0) is 26.1 Å². The van der Waals surface area contributed by atoms with Gasteiger partial charge in [0.05, 0.1) is 32.3 Å². The highest BCUT2D eigenvalue weighted by Gasteiger charge is 2.26. The fourth-order valence-corrected chi connectivity index (χ4v) is 4.57. The largest absolute Gasteiger partial charge is 0.493 e. The fourth-order valence-electron chi connectivity index (χ4n) is 3.44. The Morgan fingerprint density at radius 3 is 2.39 bits per heavy atom. The molecule has 0 saturated carbocycles. The number of amides is 2. The highest BCUT2D eigenvalue weighted by atomic mass is 32.2. The lowest BCUT2D eigenvalue weighted by molar-refractivity contribution is -0.129. The van der Waals surface area contributed by atoms with Crippen molar-refractivity contribution in [1.82, 2.24) is 14.8 Å². The first-order valence-corrected chi connectivity index (χ1v) is 12.1. The monoisotopic (exact) mass is 479 g/mol. The highest BCUT2D eigenvalue weighted by molar-refractivity contribution is 7.84. The van der Waals surface area contributed by atoms with Crippen LogP contribution in [0.5, 0.6) is 11.5 Å². The van der Waals surface area contributed by atoms with Crippen LogP contribution in [0.25, 0.3) is 11.5 Å². The third kappa shape index (κ3) is 6.04. The molecule has 3 rings (SSSR count). The predicted octanol–water partition coefficient (Wildman–Crippen LogP) is 2.22. The van der Waals surface area contributed by atoms with Gasteiger partial charge in [0.1, 0.15) is 11.5 Å². The normalized spacial score (nSPS) is 14.7. The summed E-state index contributed by atoms with van der Waals surface area (Å²) in [6.45, 7) is 5.39. The Hall–Kier alpha value is -3.08. The number of rotatable bonds is 8. The Morgan fingerprint density at radius 1 is 1.09 bits per heavy atom. The summed E-state index contributed by atoms with van der Waals surface area (Å²) in [4.78, 5) is 32.0. The van der Waals surface area contributed by atoms with E-state index in [1.54, 1.807) is 56.1 Å².